The Balaban J connectivity index is 2.01. The van der Waals surface area contributed by atoms with Crippen molar-refractivity contribution in [1.82, 2.24) is 5.32 Å². The number of nitrogens with one attached hydrogen (secondary N) is 1. The zero-order chi connectivity index (χ0) is 17.5. The van der Waals surface area contributed by atoms with Crippen molar-refractivity contribution < 1.29 is 14.3 Å². The number of halogens is 2. The molecule has 0 aliphatic carbocycles. The van der Waals surface area contributed by atoms with Gasteiger partial charge in [-0.15, -0.1) is 0 Å². The van der Waals surface area contributed by atoms with Crippen LogP contribution in [0.5, 0.6) is 11.5 Å². The van der Waals surface area contributed by atoms with Gasteiger partial charge >= 0.3 is 0 Å². The van der Waals surface area contributed by atoms with Gasteiger partial charge in [0.05, 0.1) is 7.11 Å². The van der Waals surface area contributed by atoms with Crippen molar-refractivity contribution in [3.05, 3.63) is 58.1 Å². The molecule has 0 saturated carbocycles. The highest BCUT2D eigenvalue weighted by atomic mass is 35.5. The molecule has 0 bridgehead atoms. The molecule has 128 valence electrons. The van der Waals surface area contributed by atoms with E-state index >= 15 is 0 Å². The topological polar surface area (TPSA) is 47.6 Å². The monoisotopic (exact) mass is 367 g/mol. The Hall–Kier alpha value is -1.91. The van der Waals surface area contributed by atoms with Crippen LogP contribution in [0.25, 0.3) is 0 Å². The molecule has 0 radical (unpaired) electrons. The SMILES string of the molecule is CC[C@@H](Oc1ccccc1OC)C(=O)NCc1ccc(Cl)cc1Cl. The van der Waals surface area contributed by atoms with E-state index in [2.05, 4.69) is 5.32 Å². The first-order valence-corrected chi connectivity index (χ1v) is 8.32. The Labute approximate surface area is 151 Å². The van der Waals surface area contributed by atoms with Crippen LogP contribution in [0.4, 0.5) is 0 Å². The Morgan fingerprint density at radius 3 is 2.50 bits per heavy atom. The number of methoxy groups -OCH3 is 1. The van der Waals surface area contributed by atoms with E-state index in [-0.39, 0.29) is 5.91 Å². The van der Waals surface area contributed by atoms with E-state index in [1.54, 1.807) is 37.4 Å². The molecule has 4 nitrogen and oxygen atoms in total. The molecule has 0 aliphatic heterocycles. The Morgan fingerprint density at radius 1 is 1.17 bits per heavy atom. The molecule has 1 N–H and O–H groups in total. The average Bonchev–Trinajstić information content (AvgIpc) is 2.59. The molecule has 0 unspecified atom stereocenters. The van der Waals surface area contributed by atoms with Crippen molar-refractivity contribution in [1.29, 1.82) is 0 Å². The van der Waals surface area contributed by atoms with Crippen molar-refractivity contribution in [2.75, 3.05) is 7.11 Å². The second kappa shape index (κ2) is 8.81. The maximum Gasteiger partial charge on any atom is 0.261 e. The highest BCUT2D eigenvalue weighted by Crippen LogP contribution is 2.27. The van der Waals surface area contributed by atoms with Crippen molar-refractivity contribution in [2.45, 2.75) is 26.0 Å². The Kier molecular flexibility index (Phi) is 6.76. The van der Waals surface area contributed by atoms with Gasteiger partial charge in [-0.3, -0.25) is 4.79 Å². The summed E-state index contributed by atoms with van der Waals surface area (Å²) in [6.07, 6.45) is -0.0921. The summed E-state index contributed by atoms with van der Waals surface area (Å²) < 4.78 is 11.0. The van der Waals surface area contributed by atoms with Gasteiger partial charge in [-0.2, -0.15) is 0 Å². The molecule has 2 aromatic carbocycles. The lowest BCUT2D eigenvalue weighted by Gasteiger charge is -2.19. The first-order valence-electron chi connectivity index (χ1n) is 7.56. The van der Waals surface area contributed by atoms with Crippen LogP contribution in [0.2, 0.25) is 10.0 Å². The normalized spacial score (nSPS) is 11.7. The zero-order valence-corrected chi connectivity index (χ0v) is 15.0. The fraction of sp³-hybridized carbons (Fsp3) is 0.278. The fourth-order valence-electron chi connectivity index (χ4n) is 2.15. The van der Waals surface area contributed by atoms with Crippen LogP contribution in [-0.2, 0) is 11.3 Å². The van der Waals surface area contributed by atoms with Crippen molar-refractivity contribution in [3.63, 3.8) is 0 Å². The van der Waals surface area contributed by atoms with Crippen LogP contribution in [0.15, 0.2) is 42.5 Å². The molecule has 0 aromatic heterocycles. The number of para-hydroxylation sites is 2. The van der Waals surface area contributed by atoms with E-state index < -0.39 is 6.10 Å². The molecule has 0 spiro atoms. The summed E-state index contributed by atoms with van der Waals surface area (Å²) in [4.78, 5) is 12.4. The van der Waals surface area contributed by atoms with E-state index in [1.807, 2.05) is 19.1 Å². The molecule has 0 aliphatic rings. The van der Waals surface area contributed by atoms with Crippen molar-refractivity contribution >= 4 is 29.1 Å². The summed E-state index contributed by atoms with van der Waals surface area (Å²) in [5.74, 6) is 0.908. The second-order valence-corrected chi connectivity index (χ2v) is 5.96. The smallest absolute Gasteiger partial charge is 0.261 e. The third-order valence-electron chi connectivity index (χ3n) is 3.47. The van der Waals surface area contributed by atoms with Gasteiger partial charge in [-0.25, -0.2) is 0 Å². The molecule has 1 amide bonds. The maximum atomic E-state index is 12.4. The fourth-order valence-corrected chi connectivity index (χ4v) is 2.63. The third kappa shape index (κ3) is 4.79. The molecule has 0 saturated heterocycles. The summed E-state index contributed by atoms with van der Waals surface area (Å²) in [6, 6.07) is 12.4. The lowest BCUT2D eigenvalue weighted by Crippen LogP contribution is -2.37. The quantitative estimate of drug-likeness (QED) is 0.784. The lowest BCUT2D eigenvalue weighted by molar-refractivity contribution is -0.128. The standard InChI is InChI=1S/C18H19Cl2NO3/c1-3-15(24-17-7-5-4-6-16(17)23-2)18(22)21-11-12-8-9-13(19)10-14(12)20/h4-10,15H,3,11H2,1-2H3,(H,21,22)/t15-/m1/s1. The molecular formula is C18H19Cl2NO3. The molecule has 0 fully saturated rings. The van der Waals surface area contributed by atoms with Crippen LogP contribution in [0, 0.1) is 0 Å². The molecule has 2 rings (SSSR count). The number of hydrogen-bond donors (Lipinski definition) is 1. The molecule has 24 heavy (non-hydrogen) atoms. The number of carbonyl (C=O) groups is 1. The van der Waals surface area contributed by atoms with Crippen molar-refractivity contribution in [2.24, 2.45) is 0 Å². The lowest BCUT2D eigenvalue weighted by atomic mass is 10.2. The highest BCUT2D eigenvalue weighted by Gasteiger charge is 2.20. The summed E-state index contributed by atoms with van der Waals surface area (Å²) in [6.45, 7) is 2.19. The largest absolute Gasteiger partial charge is 0.493 e. The van der Waals surface area contributed by atoms with E-state index in [1.165, 1.54) is 0 Å². The van der Waals surface area contributed by atoms with Crippen LogP contribution in [0.3, 0.4) is 0 Å². The number of ether oxygens (including phenoxy) is 2. The minimum atomic E-state index is -0.618. The van der Waals surface area contributed by atoms with Crippen LogP contribution in [-0.4, -0.2) is 19.1 Å². The summed E-state index contributed by atoms with van der Waals surface area (Å²) >= 11 is 12.0. The van der Waals surface area contributed by atoms with Gasteiger partial charge in [-0.1, -0.05) is 48.3 Å². The Morgan fingerprint density at radius 2 is 1.88 bits per heavy atom. The highest BCUT2D eigenvalue weighted by molar-refractivity contribution is 6.35. The number of benzene rings is 2. The van der Waals surface area contributed by atoms with Crippen LogP contribution < -0.4 is 14.8 Å². The third-order valence-corrected chi connectivity index (χ3v) is 4.06. The van der Waals surface area contributed by atoms with E-state index in [9.17, 15) is 4.79 Å². The first-order chi connectivity index (χ1) is 11.5. The predicted molar refractivity (Wildman–Crippen MR) is 96.0 cm³/mol. The summed E-state index contributed by atoms with van der Waals surface area (Å²) in [5, 5.41) is 3.91. The Bertz CT molecular complexity index is 706. The predicted octanol–water partition coefficient (Wildman–Crippen LogP) is 4.48. The average molecular weight is 368 g/mol. The van der Waals surface area contributed by atoms with Gasteiger partial charge in [0.1, 0.15) is 0 Å². The molecule has 0 heterocycles. The summed E-state index contributed by atoms with van der Waals surface area (Å²) in [5.41, 5.74) is 0.793. The molecule has 1 atom stereocenters. The van der Waals surface area contributed by atoms with Gasteiger partial charge in [-0.05, 0) is 36.2 Å². The summed E-state index contributed by atoms with van der Waals surface area (Å²) in [7, 11) is 1.56. The van der Waals surface area contributed by atoms with Gasteiger partial charge < -0.3 is 14.8 Å². The van der Waals surface area contributed by atoms with Gasteiger partial charge in [0.25, 0.3) is 5.91 Å². The van der Waals surface area contributed by atoms with E-state index in [4.69, 9.17) is 32.7 Å². The number of hydrogen-bond acceptors (Lipinski definition) is 3. The van der Waals surface area contributed by atoms with Gasteiger partial charge in [0, 0.05) is 16.6 Å². The van der Waals surface area contributed by atoms with Gasteiger partial charge in [0.2, 0.25) is 0 Å². The van der Waals surface area contributed by atoms with Crippen LogP contribution >= 0.6 is 23.2 Å². The molecule has 2 aromatic rings. The maximum absolute atomic E-state index is 12.4. The van der Waals surface area contributed by atoms with Crippen molar-refractivity contribution in [3.8, 4) is 11.5 Å². The minimum Gasteiger partial charge on any atom is -0.493 e. The van der Waals surface area contributed by atoms with E-state index in [0.717, 1.165) is 5.56 Å². The number of rotatable bonds is 7. The molecule has 6 heteroatoms. The number of amides is 1. The first kappa shape index (κ1) is 18.4. The van der Waals surface area contributed by atoms with E-state index in [0.29, 0.717) is 34.5 Å². The second-order valence-electron chi connectivity index (χ2n) is 5.12. The minimum absolute atomic E-state index is 0.213. The zero-order valence-electron chi connectivity index (χ0n) is 13.5. The van der Waals surface area contributed by atoms with Gasteiger partial charge in [0.15, 0.2) is 17.6 Å². The van der Waals surface area contributed by atoms with Crippen LogP contribution in [0.1, 0.15) is 18.9 Å². The molecular weight excluding hydrogens is 349 g/mol. The number of carbonyl (C=O) groups excluding carboxylic acids is 1.